The van der Waals surface area contributed by atoms with E-state index in [2.05, 4.69) is 15.6 Å². The number of nitrogens with zero attached hydrogens (tertiary/aromatic N) is 1. The fourth-order valence-electron chi connectivity index (χ4n) is 2.96. The Bertz CT molecular complexity index is 664. The van der Waals surface area contributed by atoms with Crippen LogP contribution in [-0.2, 0) is 6.42 Å². The lowest BCUT2D eigenvalue weighted by Gasteiger charge is -2.12. The Morgan fingerprint density at radius 1 is 1.12 bits per heavy atom. The monoisotopic (exact) mass is 327 g/mol. The first-order chi connectivity index (χ1) is 11.7. The van der Waals surface area contributed by atoms with Gasteiger partial charge in [-0.15, -0.1) is 0 Å². The van der Waals surface area contributed by atoms with Crippen molar-refractivity contribution in [2.24, 2.45) is 0 Å². The first kappa shape index (κ1) is 16.4. The van der Waals surface area contributed by atoms with Gasteiger partial charge in [-0.05, 0) is 49.1 Å². The largest absolute Gasteiger partial charge is 0.383 e. The number of carbonyl (C=O) groups is 1. The molecule has 0 unspecified atom stereocenters. The smallest absolute Gasteiger partial charge is 0.270 e. The van der Waals surface area contributed by atoms with Gasteiger partial charge in [0, 0.05) is 12.6 Å². The topological polar surface area (TPSA) is 54.0 Å². The van der Waals surface area contributed by atoms with Gasteiger partial charge in [-0.1, -0.05) is 25.0 Å². The van der Waals surface area contributed by atoms with Gasteiger partial charge in [0.15, 0.2) is 0 Å². The van der Waals surface area contributed by atoms with Crippen LogP contribution < -0.4 is 10.6 Å². The van der Waals surface area contributed by atoms with Crippen molar-refractivity contribution in [1.29, 1.82) is 0 Å². The molecule has 0 radical (unpaired) electrons. The van der Waals surface area contributed by atoms with Gasteiger partial charge in [0.25, 0.3) is 5.91 Å². The van der Waals surface area contributed by atoms with Gasteiger partial charge in [-0.2, -0.15) is 0 Å². The molecule has 0 bridgehead atoms. The lowest BCUT2D eigenvalue weighted by Crippen LogP contribution is -2.33. The number of pyridine rings is 1. The molecule has 1 saturated carbocycles. The normalized spacial score (nSPS) is 14.5. The van der Waals surface area contributed by atoms with Crippen molar-refractivity contribution in [2.45, 2.75) is 38.1 Å². The maximum absolute atomic E-state index is 12.8. The number of nitrogens with one attached hydrogen (secondary N) is 2. The highest BCUT2D eigenvalue weighted by Gasteiger charge is 2.18. The molecule has 3 rings (SSSR count). The standard InChI is InChI=1S/C19H22FN3O/c20-15-7-5-14(6-8-15)11-12-21-17-9-10-18(22-13-17)19(24)23-16-3-1-2-4-16/h5-10,13,16,21H,1-4,11-12H2,(H,23,24). The molecule has 1 heterocycles. The molecule has 4 nitrogen and oxygen atoms in total. The number of anilines is 1. The van der Waals surface area contributed by atoms with Gasteiger partial charge in [-0.25, -0.2) is 9.37 Å². The van der Waals surface area contributed by atoms with Gasteiger partial charge < -0.3 is 10.6 Å². The number of hydrogen-bond donors (Lipinski definition) is 2. The highest BCUT2D eigenvalue weighted by atomic mass is 19.1. The summed E-state index contributed by atoms with van der Waals surface area (Å²) >= 11 is 0. The van der Waals surface area contributed by atoms with Crippen LogP contribution in [0.3, 0.4) is 0 Å². The van der Waals surface area contributed by atoms with Crippen LogP contribution in [0.4, 0.5) is 10.1 Å². The zero-order valence-electron chi connectivity index (χ0n) is 13.6. The van der Waals surface area contributed by atoms with E-state index >= 15 is 0 Å². The molecule has 126 valence electrons. The van der Waals surface area contributed by atoms with Crippen LogP contribution in [0.15, 0.2) is 42.6 Å². The minimum Gasteiger partial charge on any atom is -0.383 e. The van der Waals surface area contributed by atoms with Gasteiger partial charge in [0.1, 0.15) is 11.5 Å². The summed E-state index contributed by atoms with van der Waals surface area (Å²) in [4.78, 5) is 16.3. The lowest BCUT2D eigenvalue weighted by atomic mass is 10.1. The van der Waals surface area contributed by atoms with Gasteiger partial charge in [0.2, 0.25) is 0 Å². The van der Waals surface area contributed by atoms with E-state index in [0.29, 0.717) is 11.7 Å². The maximum atomic E-state index is 12.8. The second-order valence-electron chi connectivity index (χ2n) is 6.19. The molecule has 1 aliphatic rings. The van der Waals surface area contributed by atoms with E-state index in [1.54, 1.807) is 24.4 Å². The summed E-state index contributed by atoms with van der Waals surface area (Å²) in [6, 6.07) is 10.4. The van der Waals surface area contributed by atoms with E-state index in [1.807, 2.05) is 6.07 Å². The predicted octanol–water partition coefficient (Wildman–Crippen LogP) is 3.55. The minimum absolute atomic E-state index is 0.0974. The molecule has 5 heteroatoms. The van der Waals surface area contributed by atoms with Crippen LogP contribution in [0.1, 0.15) is 41.7 Å². The molecule has 0 spiro atoms. The Labute approximate surface area is 141 Å². The number of rotatable bonds is 6. The van der Waals surface area contributed by atoms with Crippen LogP contribution in [0.5, 0.6) is 0 Å². The first-order valence-corrected chi connectivity index (χ1v) is 8.46. The second kappa shape index (κ2) is 7.90. The van der Waals surface area contributed by atoms with E-state index in [9.17, 15) is 9.18 Å². The van der Waals surface area contributed by atoms with Crippen LogP contribution in [0, 0.1) is 5.82 Å². The van der Waals surface area contributed by atoms with E-state index in [4.69, 9.17) is 0 Å². The molecule has 2 aromatic rings. The van der Waals surface area contributed by atoms with Crippen molar-refractivity contribution in [2.75, 3.05) is 11.9 Å². The van der Waals surface area contributed by atoms with Crippen LogP contribution in [-0.4, -0.2) is 23.5 Å². The molecule has 0 atom stereocenters. The van der Waals surface area contributed by atoms with Crippen LogP contribution in [0.2, 0.25) is 0 Å². The first-order valence-electron chi connectivity index (χ1n) is 8.46. The Hall–Kier alpha value is -2.43. The summed E-state index contributed by atoms with van der Waals surface area (Å²) in [5.74, 6) is -0.317. The molecule has 0 aliphatic heterocycles. The van der Waals surface area contributed by atoms with E-state index in [1.165, 1.54) is 25.0 Å². The molecule has 1 amide bonds. The summed E-state index contributed by atoms with van der Waals surface area (Å²) in [5.41, 5.74) is 2.39. The molecule has 1 aromatic heterocycles. The highest BCUT2D eigenvalue weighted by molar-refractivity contribution is 5.92. The molecular weight excluding hydrogens is 305 g/mol. The molecule has 0 saturated heterocycles. The third-order valence-electron chi connectivity index (χ3n) is 4.34. The molecule has 2 N–H and O–H groups in total. The fourth-order valence-corrected chi connectivity index (χ4v) is 2.96. The zero-order valence-corrected chi connectivity index (χ0v) is 13.6. The number of carbonyl (C=O) groups excluding carboxylic acids is 1. The number of aromatic nitrogens is 1. The van der Waals surface area contributed by atoms with Crippen molar-refractivity contribution >= 4 is 11.6 Å². The minimum atomic E-state index is -0.220. The zero-order chi connectivity index (χ0) is 16.8. The van der Waals surface area contributed by atoms with E-state index in [0.717, 1.165) is 37.1 Å². The third-order valence-corrected chi connectivity index (χ3v) is 4.34. The Morgan fingerprint density at radius 2 is 1.88 bits per heavy atom. The predicted molar refractivity (Wildman–Crippen MR) is 92.6 cm³/mol. The number of amides is 1. The SMILES string of the molecule is O=C(NC1CCCC1)c1ccc(NCCc2ccc(F)cc2)cn1. The number of hydrogen-bond acceptors (Lipinski definition) is 3. The number of halogens is 1. The summed E-state index contributed by atoms with van der Waals surface area (Å²) in [5, 5.41) is 6.29. The van der Waals surface area contributed by atoms with Crippen molar-refractivity contribution in [1.82, 2.24) is 10.3 Å². The Kier molecular flexibility index (Phi) is 5.41. The van der Waals surface area contributed by atoms with Gasteiger partial charge in [0.05, 0.1) is 11.9 Å². The van der Waals surface area contributed by atoms with Crippen molar-refractivity contribution in [3.8, 4) is 0 Å². The van der Waals surface area contributed by atoms with Gasteiger partial charge in [-0.3, -0.25) is 4.79 Å². The van der Waals surface area contributed by atoms with Crippen LogP contribution >= 0.6 is 0 Å². The summed E-state index contributed by atoms with van der Waals surface area (Å²) < 4.78 is 12.8. The fraction of sp³-hybridized carbons (Fsp3) is 0.368. The molecular formula is C19H22FN3O. The molecule has 1 fully saturated rings. The summed E-state index contributed by atoms with van der Waals surface area (Å²) in [7, 11) is 0. The Morgan fingerprint density at radius 3 is 2.54 bits per heavy atom. The average molecular weight is 327 g/mol. The van der Waals surface area contributed by atoms with Crippen molar-refractivity contribution in [3.05, 3.63) is 59.7 Å². The van der Waals surface area contributed by atoms with Crippen molar-refractivity contribution in [3.63, 3.8) is 0 Å². The molecule has 1 aromatic carbocycles. The van der Waals surface area contributed by atoms with E-state index < -0.39 is 0 Å². The van der Waals surface area contributed by atoms with Gasteiger partial charge >= 0.3 is 0 Å². The van der Waals surface area contributed by atoms with Crippen molar-refractivity contribution < 1.29 is 9.18 Å². The molecule has 24 heavy (non-hydrogen) atoms. The van der Waals surface area contributed by atoms with E-state index in [-0.39, 0.29) is 11.7 Å². The highest BCUT2D eigenvalue weighted by Crippen LogP contribution is 2.18. The quantitative estimate of drug-likeness (QED) is 0.853. The van der Waals surface area contributed by atoms with Crippen LogP contribution in [0.25, 0.3) is 0 Å². The summed E-state index contributed by atoms with van der Waals surface area (Å²) in [6.45, 7) is 0.723. The lowest BCUT2D eigenvalue weighted by molar-refractivity contribution is 0.0933. The maximum Gasteiger partial charge on any atom is 0.270 e. The second-order valence-corrected chi connectivity index (χ2v) is 6.19. The Balaban J connectivity index is 1.47. The average Bonchev–Trinajstić information content (AvgIpc) is 3.10. The molecule has 1 aliphatic carbocycles. The summed E-state index contributed by atoms with van der Waals surface area (Å²) in [6.07, 6.45) is 6.98. The third kappa shape index (κ3) is 4.54. The number of benzene rings is 1.